The summed E-state index contributed by atoms with van der Waals surface area (Å²) >= 11 is 0. The van der Waals surface area contributed by atoms with E-state index in [2.05, 4.69) is 352 Å². The number of benzene rings is 18. The molecule has 18 aromatic carbocycles. The summed E-state index contributed by atoms with van der Waals surface area (Å²) in [7, 11) is 0. The van der Waals surface area contributed by atoms with Crippen LogP contribution in [0, 0.1) is 0 Å². The lowest BCUT2D eigenvalue weighted by atomic mass is 9.92. The third-order valence-electron chi connectivity index (χ3n) is 22.3. The van der Waals surface area contributed by atoms with Crippen LogP contribution < -0.4 is 0 Å². The van der Waals surface area contributed by atoms with Gasteiger partial charge >= 0.3 is 0 Å². The molecule has 4 heterocycles. The van der Waals surface area contributed by atoms with Crippen LogP contribution in [0.4, 0.5) is 0 Å². The summed E-state index contributed by atoms with van der Waals surface area (Å²) in [5.41, 5.74) is 22.8. The van der Waals surface area contributed by atoms with Gasteiger partial charge in [-0.3, -0.25) is 0 Å². The van der Waals surface area contributed by atoms with Crippen molar-refractivity contribution in [2.75, 3.05) is 0 Å². The lowest BCUT2D eigenvalue weighted by Crippen LogP contribution is -2.00. The summed E-state index contributed by atoms with van der Waals surface area (Å²) in [4.78, 5) is 36.4. The van der Waals surface area contributed by atoms with Gasteiger partial charge in [-0.25, -0.2) is 34.9 Å². The Hall–Kier alpha value is -15.6. The number of hydrogen-bond donors (Lipinski definition) is 0. The number of rotatable bonds is 12. The maximum absolute atomic E-state index is 5.47. The van der Waals surface area contributed by atoms with Crippen LogP contribution in [0.1, 0.15) is 0 Å². The molecule has 0 bridgehead atoms. The molecule has 0 spiro atoms. The molecule has 540 valence electrons. The lowest BCUT2D eigenvalue weighted by molar-refractivity contribution is 1.07. The highest BCUT2D eigenvalue weighted by Gasteiger charge is 2.22. The van der Waals surface area contributed by atoms with Gasteiger partial charge in [0.05, 0.1) is 33.8 Å². The van der Waals surface area contributed by atoms with E-state index in [9.17, 15) is 0 Å². The van der Waals surface area contributed by atoms with Crippen molar-refractivity contribution in [1.29, 1.82) is 0 Å². The fraction of sp³-hybridized carbons (Fsp3) is 0. The van der Waals surface area contributed by atoms with Crippen molar-refractivity contribution >= 4 is 86.4 Å². The number of nitrogens with zero attached hydrogens (tertiary/aromatic N) is 7. The molecule has 7 nitrogen and oxygen atoms in total. The molecular weight excluding hydrogens is 1410 g/mol. The minimum Gasteiger partial charge on any atom is -0.247 e. The minimum atomic E-state index is 0.628. The molecule has 0 saturated carbocycles. The molecule has 22 rings (SSSR count). The summed E-state index contributed by atoms with van der Waals surface area (Å²) in [6.07, 6.45) is 0. The van der Waals surface area contributed by atoms with E-state index < -0.39 is 0 Å². The third-order valence-corrected chi connectivity index (χ3v) is 22.3. The van der Waals surface area contributed by atoms with Crippen LogP contribution >= 0.6 is 0 Å². The highest BCUT2D eigenvalue weighted by molar-refractivity contribution is 6.20. The smallest absolute Gasteiger partial charge is 0.164 e. The summed E-state index contributed by atoms with van der Waals surface area (Å²) in [6, 6.07) is 147. The van der Waals surface area contributed by atoms with Gasteiger partial charge < -0.3 is 0 Å². The molecule has 0 aliphatic rings. The maximum Gasteiger partial charge on any atom is 0.164 e. The first-order valence-electron chi connectivity index (χ1n) is 39.2. The van der Waals surface area contributed by atoms with Gasteiger partial charge in [0.15, 0.2) is 23.3 Å². The van der Waals surface area contributed by atoms with Crippen LogP contribution in [0.15, 0.2) is 419 Å². The second kappa shape index (κ2) is 29.6. The number of fused-ring (bicyclic) bond motifs is 12. The first kappa shape index (κ1) is 68.5. The predicted octanol–water partition coefficient (Wildman–Crippen LogP) is 28.4. The Morgan fingerprint density at radius 3 is 0.966 bits per heavy atom. The SMILES string of the molecule is c1ccc(-c2nc(-c3ccccc3)nc(-c3cccc(-c4ccc5c(c4)nc(-c4ccccc4)c4cccc(-c6ccccc6)c45)c3)n2)cc1.c1ccc(-c2nc3cc(-c4ccc(-c5cc(-c6cc7ccccc7c7ccccc67)nc(-c6cc7ccccc7c7ccccc67)n5)cc4)ccc3c3c(-c4ccccc4)cccc23)cc1. The molecule has 4 aromatic heterocycles. The highest BCUT2D eigenvalue weighted by atomic mass is 15.0. The zero-order valence-electron chi connectivity index (χ0n) is 63.0. The summed E-state index contributed by atoms with van der Waals surface area (Å²) < 4.78 is 0. The van der Waals surface area contributed by atoms with Gasteiger partial charge in [-0.2, -0.15) is 0 Å². The van der Waals surface area contributed by atoms with E-state index in [0.29, 0.717) is 23.3 Å². The van der Waals surface area contributed by atoms with E-state index in [0.717, 1.165) is 138 Å². The van der Waals surface area contributed by atoms with Gasteiger partial charge in [0.1, 0.15) is 0 Å². The van der Waals surface area contributed by atoms with Crippen LogP contribution in [0.5, 0.6) is 0 Å². The average Bonchev–Trinajstić information content (AvgIpc) is 0.744. The van der Waals surface area contributed by atoms with E-state index in [-0.39, 0.29) is 0 Å². The molecule has 0 N–H and O–H groups in total. The Labute approximate surface area is 670 Å². The van der Waals surface area contributed by atoms with Crippen molar-refractivity contribution in [2.45, 2.75) is 0 Å². The van der Waals surface area contributed by atoms with E-state index >= 15 is 0 Å². The van der Waals surface area contributed by atoms with E-state index in [1.807, 2.05) is 66.7 Å². The highest BCUT2D eigenvalue weighted by Crippen LogP contribution is 2.45. The summed E-state index contributed by atoms with van der Waals surface area (Å²) in [5, 5.41) is 16.4. The normalized spacial score (nSPS) is 11.4. The van der Waals surface area contributed by atoms with Crippen LogP contribution in [0.3, 0.4) is 0 Å². The molecule has 0 amide bonds. The zero-order valence-corrected chi connectivity index (χ0v) is 63.0. The Kier molecular flexibility index (Phi) is 17.5. The van der Waals surface area contributed by atoms with E-state index in [4.69, 9.17) is 34.9 Å². The van der Waals surface area contributed by atoms with E-state index in [1.165, 1.54) is 60.0 Å². The zero-order chi connectivity index (χ0) is 76.8. The topological polar surface area (TPSA) is 90.2 Å². The maximum atomic E-state index is 5.47. The quantitative estimate of drug-likeness (QED) is 0.113. The fourth-order valence-electron chi connectivity index (χ4n) is 16.8. The van der Waals surface area contributed by atoms with Crippen molar-refractivity contribution < 1.29 is 0 Å². The predicted molar refractivity (Wildman–Crippen MR) is 483 cm³/mol. The van der Waals surface area contributed by atoms with Crippen molar-refractivity contribution in [3.63, 3.8) is 0 Å². The average molecular weight is 1480 g/mol. The van der Waals surface area contributed by atoms with E-state index in [1.54, 1.807) is 0 Å². The summed E-state index contributed by atoms with van der Waals surface area (Å²) in [5.74, 6) is 2.61. The van der Waals surface area contributed by atoms with Gasteiger partial charge in [0, 0.05) is 76.8 Å². The van der Waals surface area contributed by atoms with Gasteiger partial charge in [-0.1, -0.05) is 382 Å². The monoisotopic (exact) mass is 1480 g/mol. The molecule has 116 heavy (non-hydrogen) atoms. The molecule has 0 unspecified atom stereocenters. The largest absolute Gasteiger partial charge is 0.247 e. The molecule has 22 aromatic rings. The van der Waals surface area contributed by atoms with Crippen molar-refractivity contribution in [2.24, 2.45) is 0 Å². The lowest BCUT2D eigenvalue weighted by Gasteiger charge is -2.15. The van der Waals surface area contributed by atoms with Crippen LogP contribution in [-0.2, 0) is 0 Å². The molecule has 0 aliphatic carbocycles. The van der Waals surface area contributed by atoms with Gasteiger partial charge in [0.2, 0.25) is 0 Å². The second-order valence-electron chi connectivity index (χ2n) is 29.3. The number of hydrogen-bond acceptors (Lipinski definition) is 7. The Balaban J connectivity index is 0.000000151. The molecule has 7 heteroatoms. The Morgan fingerprint density at radius 2 is 0.474 bits per heavy atom. The van der Waals surface area contributed by atoms with Gasteiger partial charge in [-0.15, -0.1) is 0 Å². The van der Waals surface area contributed by atoms with Crippen molar-refractivity contribution in [1.82, 2.24) is 34.9 Å². The minimum absolute atomic E-state index is 0.628. The molecule has 0 radical (unpaired) electrons. The Morgan fingerprint density at radius 1 is 0.138 bits per heavy atom. The molecule has 0 atom stereocenters. The molecule has 0 fully saturated rings. The van der Waals surface area contributed by atoms with Crippen LogP contribution in [0.25, 0.3) is 222 Å². The van der Waals surface area contributed by atoms with Crippen LogP contribution in [0.2, 0.25) is 0 Å². The fourth-order valence-corrected chi connectivity index (χ4v) is 16.8. The molecule has 0 aliphatic heterocycles. The first-order valence-corrected chi connectivity index (χ1v) is 39.2. The Bertz CT molecular complexity index is 7340. The van der Waals surface area contributed by atoms with Gasteiger partial charge in [0.25, 0.3) is 0 Å². The number of aromatic nitrogens is 7. The third kappa shape index (κ3) is 12.8. The standard InChI is InChI=1S/C63H39N3.C46H30N4/c1-3-16-41(17-4-1)49-28-15-29-55-61(49)54-35-34-44(38-59(54)64-62(55)43-18-5-2-6-19-43)40-30-32-42(33-31-40)58-39-60(56-36-45-20-7-9-22-47(45)50-24-11-13-26-52(50)56)66-63(65-58)57-37-46-21-8-10-23-48(46)51-25-12-14-27-53(51)57;1-5-15-31(16-6-1)38-25-14-26-40-42(38)39-28-27-36(30-41(39)47-43(40)32-17-7-2-8-18-32)35-23-13-24-37(29-35)46-49-44(33-19-9-3-10-20-33)48-45(50-46)34-21-11-4-12-22-34/h1-39H;1-30H. The first-order chi connectivity index (χ1) is 57.5. The number of pyridine rings is 2. The van der Waals surface area contributed by atoms with Crippen molar-refractivity contribution in [3.05, 3.63) is 419 Å². The van der Waals surface area contributed by atoms with Crippen molar-refractivity contribution in [3.8, 4) is 135 Å². The molecule has 0 saturated heterocycles. The van der Waals surface area contributed by atoms with Crippen LogP contribution in [-0.4, -0.2) is 34.9 Å². The molecular formula is C109H69N7. The second-order valence-corrected chi connectivity index (χ2v) is 29.3. The summed E-state index contributed by atoms with van der Waals surface area (Å²) in [6.45, 7) is 0. The van der Waals surface area contributed by atoms with Gasteiger partial charge in [-0.05, 0) is 124 Å².